The zero-order valence-corrected chi connectivity index (χ0v) is 25.0. The number of methoxy groups -OCH3 is 1. The monoisotopic (exact) mass is 640 g/mol. The Morgan fingerprint density at radius 3 is 2.58 bits per heavy atom. The molecule has 1 aliphatic heterocycles. The first-order valence-electron chi connectivity index (χ1n) is 12.7. The van der Waals surface area contributed by atoms with Crippen molar-refractivity contribution < 1.29 is 37.3 Å². The van der Waals surface area contributed by atoms with E-state index in [-0.39, 0.29) is 33.4 Å². The lowest BCUT2D eigenvalue weighted by molar-refractivity contribution is -0.150. The molecule has 1 aliphatic rings. The molecule has 230 valence electrons. The minimum atomic E-state index is -2.97. The topological polar surface area (TPSA) is 140 Å². The molecule has 2 aromatic heterocycles. The van der Waals surface area contributed by atoms with Gasteiger partial charge in [-0.2, -0.15) is 13.9 Å². The Balaban J connectivity index is 1.96. The van der Waals surface area contributed by atoms with Crippen LogP contribution in [0.4, 0.5) is 18.0 Å². The number of thiazole rings is 1. The standard InChI is InChI=1S/C27H28ClF3N6O5S/c1-26(2,3)42-25(40)35-27(13-38,23(39)41-4)12-18-19(17-7-9-37(36-17)24(30)31)20(15-6-5-14(29)11-16(15)28)34-21(33-18)22-32-8-10-43-22/h5-11,20,24,38H,12-13H2,1-4H3,(H,33,34)(H,35,40)/t20-,27+/m0/s1. The number of aliphatic imine (C=N–C) groups is 1. The fourth-order valence-electron chi connectivity index (χ4n) is 4.35. The molecule has 3 heterocycles. The number of nitrogens with zero attached hydrogens (tertiary/aromatic N) is 4. The van der Waals surface area contributed by atoms with Crippen LogP contribution in [0.25, 0.3) is 5.57 Å². The van der Waals surface area contributed by atoms with Crippen LogP contribution in [0.1, 0.15) is 56.0 Å². The Kier molecular flexibility index (Phi) is 9.47. The number of ether oxygens (including phenoxy) is 2. The largest absolute Gasteiger partial charge is 0.467 e. The van der Waals surface area contributed by atoms with Gasteiger partial charge in [0.15, 0.2) is 16.4 Å². The molecule has 1 aromatic carbocycles. The highest BCUT2D eigenvalue weighted by Gasteiger charge is 2.45. The second kappa shape index (κ2) is 12.7. The Morgan fingerprint density at radius 2 is 2.02 bits per heavy atom. The van der Waals surface area contributed by atoms with Gasteiger partial charge in [0.1, 0.15) is 17.5 Å². The van der Waals surface area contributed by atoms with Gasteiger partial charge >= 0.3 is 18.6 Å². The average Bonchev–Trinajstić information content (AvgIpc) is 3.64. The number of halogens is 4. The summed E-state index contributed by atoms with van der Waals surface area (Å²) in [6.07, 6.45) is 1.07. The van der Waals surface area contributed by atoms with Crippen molar-refractivity contribution in [3.05, 3.63) is 74.8 Å². The number of benzene rings is 1. The third-order valence-electron chi connectivity index (χ3n) is 6.17. The van der Waals surface area contributed by atoms with E-state index < -0.39 is 54.6 Å². The predicted molar refractivity (Wildman–Crippen MR) is 152 cm³/mol. The quantitative estimate of drug-likeness (QED) is 0.282. The second-order valence-corrected chi connectivity index (χ2v) is 11.7. The minimum Gasteiger partial charge on any atom is -0.467 e. The van der Waals surface area contributed by atoms with Crippen molar-refractivity contribution in [2.24, 2.45) is 4.99 Å². The van der Waals surface area contributed by atoms with Crippen LogP contribution < -0.4 is 10.6 Å². The summed E-state index contributed by atoms with van der Waals surface area (Å²) in [6, 6.07) is 3.84. The molecular formula is C27H28ClF3N6O5S. The highest BCUT2D eigenvalue weighted by molar-refractivity contribution is 7.11. The lowest BCUT2D eigenvalue weighted by Crippen LogP contribution is -2.59. The number of rotatable bonds is 9. The summed E-state index contributed by atoms with van der Waals surface area (Å²) >= 11 is 7.68. The number of alkyl halides is 2. The van der Waals surface area contributed by atoms with Gasteiger partial charge in [-0.25, -0.2) is 23.6 Å². The summed E-state index contributed by atoms with van der Waals surface area (Å²) in [5.74, 6) is -1.45. The minimum absolute atomic E-state index is 0.00380. The number of aliphatic hydroxyl groups excluding tert-OH is 1. The molecule has 0 aliphatic carbocycles. The summed E-state index contributed by atoms with van der Waals surface area (Å²) in [7, 11) is 1.07. The number of carbonyl (C=O) groups is 2. The molecule has 43 heavy (non-hydrogen) atoms. The van der Waals surface area contributed by atoms with Crippen LogP contribution in [0, 0.1) is 5.82 Å². The Hall–Kier alpha value is -3.95. The number of aromatic nitrogens is 3. The van der Waals surface area contributed by atoms with E-state index in [4.69, 9.17) is 26.1 Å². The molecule has 0 saturated heterocycles. The molecule has 16 heteroatoms. The van der Waals surface area contributed by atoms with E-state index in [9.17, 15) is 27.9 Å². The summed E-state index contributed by atoms with van der Waals surface area (Å²) in [6.45, 7) is 0.914. The van der Waals surface area contributed by atoms with Crippen molar-refractivity contribution in [3.8, 4) is 0 Å². The maximum atomic E-state index is 14.1. The van der Waals surface area contributed by atoms with Gasteiger partial charge < -0.3 is 25.2 Å². The second-order valence-electron chi connectivity index (χ2n) is 10.4. The van der Waals surface area contributed by atoms with E-state index >= 15 is 0 Å². The van der Waals surface area contributed by atoms with E-state index in [1.54, 1.807) is 26.2 Å². The van der Waals surface area contributed by atoms with Crippen LogP contribution in [-0.2, 0) is 14.3 Å². The van der Waals surface area contributed by atoms with Crippen LogP contribution in [0.3, 0.4) is 0 Å². The number of esters is 1. The zero-order valence-electron chi connectivity index (χ0n) is 23.4. The third kappa shape index (κ3) is 7.17. The van der Waals surface area contributed by atoms with Crippen LogP contribution in [-0.4, -0.2) is 62.6 Å². The lowest BCUT2D eigenvalue weighted by Gasteiger charge is -2.35. The van der Waals surface area contributed by atoms with Crippen molar-refractivity contribution >= 4 is 46.4 Å². The Morgan fingerprint density at radius 1 is 1.28 bits per heavy atom. The highest BCUT2D eigenvalue weighted by Crippen LogP contribution is 2.42. The summed E-state index contributed by atoms with van der Waals surface area (Å²) < 4.78 is 51.9. The summed E-state index contributed by atoms with van der Waals surface area (Å²) in [5, 5.41) is 22.1. The van der Waals surface area contributed by atoms with Crippen molar-refractivity contribution in [1.29, 1.82) is 0 Å². The summed E-state index contributed by atoms with van der Waals surface area (Å²) in [4.78, 5) is 35.1. The number of hydrogen-bond donors (Lipinski definition) is 3. The highest BCUT2D eigenvalue weighted by atomic mass is 35.5. The lowest BCUT2D eigenvalue weighted by atomic mass is 9.86. The number of nitrogens with one attached hydrogen (secondary N) is 2. The van der Waals surface area contributed by atoms with Gasteiger partial charge in [0.2, 0.25) is 0 Å². The van der Waals surface area contributed by atoms with Gasteiger partial charge in [0, 0.05) is 46.1 Å². The molecule has 0 radical (unpaired) electrons. The van der Waals surface area contributed by atoms with Gasteiger partial charge in [-0.1, -0.05) is 17.7 Å². The Labute approximate surface area is 253 Å². The average molecular weight is 641 g/mol. The molecule has 4 rings (SSSR count). The molecule has 0 saturated carbocycles. The molecule has 0 spiro atoms. The predicted octanol–water partition coefficient (Wildman–Crippen LogP) is 4.85. The van der Waals surface area contributed by atoms with Crippen molar-refractivity contribution in [2.45, 2.75) is 50.9 Å². The van der Waals surface area contributed by atoms with E-state index in [0.29, 0.717) is 9.69 Å². The number of amides is 1. The molecule has 0 bridgehead atoms. The molecular weight excluding hydrogens is 613 g/mol. The number of carbonyl (C=O) groups excluding carboxylic acids is 2. The number of amidine groups is 1. The van der Waals surface area contributed by atoms with Crippen molar-refractivity contribution in [1.82, 2.24) is 25.4 Å². The molecule has 3 N–H and O–H groups in total. The van der Waals surface area contributed by atoms with Crippen molar-refractivity contribution in [2.75, 3.05) is 13.7 Å². The van der Waals surface area contributed by atoms with Gasteiger partial charge in [0.05, 0.1) is 19.4 Å². The SMILES string of the molecule is COC(=O)[C@](CO)(CC1=C(c2ccn(C(F)F)n2)[C@H](c2ccc(F)cc2Cl)N=C(c2nccs2)N1)NC(=O)OC(C)(C)C. The van der Waals surface area contributed by atoms with Crippen LogP contribution in [0.5, 0.6) is 0 Å². The smallest absolute Gasteiger partial charge is 0.408 e. The van der Waals surface area contributed by atoms with E-state index in [0.717, 1.165) is 25.4 Å². The molecule has 2 atom stereocenters. The van der Waals surface area contributed by atoms with Crippen molar-refractivity contribution in [3.63, 3.8) is 0 Å². The number of hydrogen-bond acceptors (Lipinski definition) is 10. The van der Waals surface area contributed by atoms with Gasteiger partial charge in [-0.05, 0) is 39.0 Å². The number of alkyl carbamates (subject to hydrolysis) is 1. The molecule has 0 fully saturated rings. The number of aliphatic hydroxyl groups is 1. The van der Waals surface area contributed by atoms with Gasteiger partial charge in [-0.3, -0.25) is 4.99 Å². The van der Waals surface area contributed by atoms with Crippen LogP contribution in [0.15, 0.2) is 52.7 Å². The first-order chi connectivity index (χ1) is 20.3. The zero-order chi connectivity index (χ0) is 31.5. The van der Waals surface area contributed by atoms with Gasteiger partial charge in [0.25, 0.3) is 0 Å². The third-order valence-corrected chi connectivity index (χ3v) is 7.27. The molecule has 1 amide bonds. The maximum absolute atomic E-state index is 14.1. The Bertz CT molecular complexity index is 1560. The van der Waals surface area contributed by atoms with Crippen LogP contribution >= 0.6 is 22.9 Å². The molecule has 0 unspecified atom stereocenters. The molecule has 11 nitrogen and oxygen atoms in total. The van der Waals surface area contributed by atoms with Gasteiger partial charge in [-0.15, -0.1) is 11.3 Å². The fraction of sp³-hybridized carbons (Fsp3) is 0.370. The first kappa shape index (κ1) is 32.0. The van der Waals surface area contributed by atoms with Crippen LogP contribution in [0.2, 0.25) is 5.02 Å². The van der Waals surface area contributed by atoms with E-state index in [2.05, 4.69) is 20.7 Å². The van der Waals surface area contributed by atoms with E-state index in [1.807, 2.05) is 0 Å². The fourth-order valence-corrected chi connectivity index (χ4v) is 5.20. The maximum Gasteiger partial charge on any atom is 0.408 e. The van der Waals surface area contributed by atoms with E-state index in [1.165, 1.54) is 29.7 Å². The normalized spacial score (nSPS) is 16.8. The first-order valence-corrected chi connectivity index (χ1v) is 14.0. The summed E-state index contributed by atoms with van der Waals surface area (Å²) in [5.41, 5.74) is -2.51. The molecule has 3 aromatic rings.